The molecule has 1 aromatic carbocycles. The zero-order valence-corrected chi connectivity index (χ0v) is 12.1. The molecule has 2 N–H and O–H groups in total. The van der Waals surface area contributed by atoms with E-state index in [-0.39, 0.29) is 12.6 Å². The van der Waals surface area contributed by atoms with Crippen molar-refractivity contribution in [2.24, 2.45) is 0 Å². The maximum Gasteiger partial charge on any atom is 0.0755 e. The second kappa shape index (κ2) is 6.52. The number of aliphatic hydroxyl groups excluding tert-OH is 1. The molecule has 1 atom stereocenters. The number of nitrogens with one attached hydrogen (secondary N) is 1. The summed E-state index contributed by atoms with van der Waals surface area (Å²) in [5.74, 6) is 0. The Kier molecular flexibility index (Phi) is 5.00. The molecular formula is C13H19BrN2O2. The molecule has 0 bridgehead atoms. The Balaban J connectivity index is 2.21. The summed E-state index contributed by atoms with van der Waals surface area (Å²) in [5.41, 5.74) is 2.36. The molecule has 4 nitrogen and oxygen atoms in total. The molecule has 0 spiro atoms. The van der Waals surface area contributed by atoms with Crippen molar-refractivity contribution in [1.29, 1.82) is 0 Å². The Morgan fingerprint density at radius 3 is 3.06 bits per heavy atom. The molecule has 0 aromatic heterocycles. The third kappa shape index (κ3) is 3.03. The molecule has 1 aromatic rings. The van der Waals surface area contributed by atoms with Crippen LogP contribution in [0.15, 0.2) is 22.7 Å². The van der Waals surface area contributed by atoms with Crippen LogP contribution in [0.2, 0.25) is 0 Å². The van der Waals surface area contributed by atoms with Gasteiger partial charge in [-0.1, -0.05) is 6.07 Å². The van der Waals surface area contributed by atoms with E-state index in [0.29, 0.717) is 13.2 Å². The summed E-state index contributed by atoms with van der Waals surface area (Å²) in [6.45, 7) is 3.08. The molecule has 1 aliphatic heterocycles. The number of benzene rings is 1. The number of morpholine rings is 1. The van der Waals surface area contributed by atoms with Gasteiger partial charge in [-0.3, -0.25) is 0 Å². The first-order valence-electron chi connectivity index (χ1n) is 6.14. The van der Waals surface area contributed by atoms with Crippen molar-refractivity contribution < 1.29 is 9.84 Å². The molecule has 1 fully saturated rings. The fraction of sp³-hybridized carbons (Fsp3) is 0.538. The van der Waals surface area contributed by atoms with Crippen molar-refractivity contribution in [2.45, 2.75) is 12.6 Å². The van der Waals surface area contributed by atoms with Crippen LogP contribution in [0.5, 0.6) is 0 Å². The Morgan fingerprint density at radius 2 is 2.39 bits per heavy atom. The van der Waals surface area contributed by atoms with Gasteiger partial charge in [0, 0.05) is 17.6 Å². The highest BCUT2D eigenvalue weighted by Gasteiger charge is 2.23. The van der Waals surface area contributed by atoms with Crippen molar-refractivity contribution in [3.63, 3.8) is 0 Å². The topological polar surface area (TPSA) is 44.7 Å². The van der Waals surface area contributed by atoms with E-state index in [9.17, 15) is 5.11 Å². The second-order valence-electron chi connectivity index (χ2n) is 4.42. The van der Waals surface area contributed by atoms with E-state index < -0.39 is 0 Å². The fourth-order valence-corrected chi connectivity index (χ4v) is 2.87. The third-order valence-electron chi connectivity index (χ3n) is 3.14. The Morgan fingerprint density at radius 1 is 1.56 bits per heavy atom. The Labute approximate surface area is 116 Å². The number of nitrogens with zero attached hydrogens (tertiary/aromatic N) is 1. The lowest BCUT2D eigenvalue weighted by Crippen LogP contribution is -2.47. The van der Waals surface area contributed by atoms with Gasteiger partial charge in [0.05, 0.1) is 31.5 Å². The predicted octanol–water partition coefficient (Wildman–Crippen LogP) is 1.37. The number of halogens is 1. The number of anilines is 1. The molecular weight excluding hydrogens is 296 g/mol. The number of rotatable bonds is 4. The first kappa shape index (κ1) is 13.8. The molecule has 1 heterocycles. The van der Waals surface area contributed by atoms with Crippen molar-refractivity contribution in [3.8, 4) is 0 Å². The number of aliphatic hydroxyl groups is 1. The maximum atomic E-state index is 9.41. The summed E-state index contributed by atoms with van der Waals surface area (Å²) in [5, 5.41) is 12.5. The third-order valence-corrected chi connectivity index (χ3v) is 3.78. The SMILES string of the molecule is CNCc1ccc(N2CCOCC2CO)c(Br)c1. The highest BCUT2D eigenvalue weighted by molar-refractivity contribution is 9.10. The quantitative estimate of drug-likeness (QED) is 0.881. The lowest BCUT2D eigenvalue weighted by Gasteiger charge is -2.37. The van der Waals surface area contributed by atoms with Gasteiger partial charge < -0.3 is 20.1 Å². The minimum absolute atomic E-state index is 0.0465. The van der Waals surface area contributed by atoms with Crippen LogP contribution in [0.25, 0.3) is 0 Å². The first-order chi connectivity index (χ1) is 8.76. The molecule has 2 rings (SSSR count). The van der Waals surface area contributed by atoms with Gasteiger partial charge in [-0.2, -0.15) is 0 Å². The Hall–Kier alpha value is -0.620. The van der Waals surface area contributed by atoms with Gasteiger partial charge >= 0.3 is 0 Å². The molecule has 18 heavy (non-hydrogen) atoms. The zero-order chi connectivity index (χ0) is 13.0. The average Bonchev–Trinajstić information content (AvgIpc) is 2.39. The van der Waals surface area contributed by atoms with Gasteiger partial charge in [0.2, 0.25) is 0 Å². The summed E-state index contributed by atoms with van der Waals surface area (Å²) in [6, 6.07) is 6.38. The molecule has 0 aliphatic carbocycles. The molecule has 1 unspecified atom stereocenters. The van der Waals surface area contributed by atoms with Gasteiger partial charge in [0.25, 0.3) is 0 Å². The molecule has 0 amide bonds. The van der Waals surface area contributed by atoms with Gasteiger partial charge in [-0.05, 0) is 40.7 Å². The lowest BCUT2D eigenvalue weighted by atomic mass is 10.1. The lowest BCUT2D eigenvalue weighted by molar-refractivity contribution is 0.0726. The zero-order valence-electron chi connectivity index (χ0n) is 10.5. The molecule has 1 aliphatic rings. The highest BCUT2D eigenvalue weighted by atomic mass is 79.9. The summed E-state index contributed by atoms with van der Waals surface area (Å²) in [7, 11) is 1.94. The van der Waals surface area contributed by atoms with Crippen LogP contribution >= 0.6 is 15.9 Å². The molecule has 5 heteroatoms. The van der Waals surface area contributed by atoms with Crippen LogP contribution in [0.3, 0.4) is 0 Å². The smallest absolute Gasteiger partial charge is 0.0755 e. The van der Waals surface area contributed by atoms with Crippen LogP contribution in [0.4, 0.5) is 5.69 Å². The van der Waals surface area contributed by atoms with Crippen LogP contribution in [0.1, 0.15) is 5.56 Å². The molecule has 100 valence electrons. The summed E-state index contributed by atoms with van der Waals surface area (Å²) in [6.07, 6.45) is 0. The van der Waals surface area contributed by atoms with E-state index in [2.05, 4.69) is 44.3 Å². The number of hydrogen-bond acceptors (Lipinski definition) is 4. The minimum atomic E-state index is 0.0465. The van der Waals surface area contributed by atoms with E-state index in [0.717, 1.165) is 23.2 Å². The standard InChI is InChI=1S/C13H19BrN2O2/c1-15-7-10-2-3-13(12(14)6-10)16-4-5-18-9-11(16)8-17/h2-3,6,11,15,17H,4-5,7-9H2,1H3. The minimum Gasteiger partial charge on any atom is -0.394 e. The summed E-state index contributed by atoms with van der Waals surface area (Å²) >= 11 is 3.62. The van der Waals surface area contributed by atoms with E-state index in [1.165, 1.54) is 5.56 Å². The number of ether oxygens (including phenoxy) is 1. The normalized spacial score (nSPS) is 20.2. The maximum absolute atomic E-state index is 9.41. The molecule has 0 radical (unpaired) electrons. The monoisotopic (exact) mass is 314 g/mol. The highest BCUT2D eigenvalue weighted by Crippen LogP contribution is 2.29. The largest absolute Gasteiger partial charge is 0.394 e. The van der Waals surface area contributed by atoms with E-state index >= 15 is 0 Å². The van der Waals surface area contributed by atoms with Crippen molar-refractivity contribution in [2.75, 3.05) is 38.3 Å². The second-order valence-corrected chi connectivity index (χ2v) is 5.28. The van der Waals surface area contributed by atoms with Crippen LogP contribution in [0, 0.1) is 0 Å². The molecule has 1 saturated heterocycles. The van der Waals surface area contributed by atoms with Gasteiger partial charge in [0.1, 0.15) is 0 Å². The first-order valence-corrected chi connectivity index (χ1v) is 6.94. The fourth-order valence-electron chi connectivity index (χ4n) is 2.22. The van der Waals surface area contributed by atoms with Crippen molar-refractivity contribution >= 4 is 21.6 Å². The molecule has 0 saturated carbocycles. The van der Waals surface area contributed by atoms with Gasteiger partial charge in [-0.25, -0.2) is 0 Å². The van der Waals surface area contributed by atoms with E-state index in [1.54, 1.807) is 0 Å². The van der Waals surface area contributed by atoms with Gasteiger partial charge in [0.15, 0.2) is 0 Å². The Bertz CT molecular complexity index is 401. The number of hydrogen-bond donors (Lipinski definition) is 2. The van der Waals surface area contributed by atoms with Gasteiger partial charge in [-0.15, -0.1) is 0 Å². The van der Waals surface area contributed by atoms with Crippen LogP contribution < -0.4 is 10.2 Å². The van der Waals surface area contributed by atoms with Crippen LogP contribution in [-0.2, 0) is 11.3 Å². The van der Waals surface area contributed by atoms with Crippen LogP contribution in [-0.4, -0.2) is 44.6 Å². The van der Waals surface area contributed by atoms with E-state index in [4.69, 9.17) is 4.74 Å². The predicted molar refractivity (Wildman–Crippen MR) is 75.9 cm³/mol. The summed E-state index contributed by atoms with van der Waals surface area (Å²) < 4.78 is 6.47. The average molecular weight is 315 g/mol. The van der Waals surface area contributed by atoms with Crippen molar-refractivity contribution in [3.05, 3.63) is 28.2 Å². The van der Waals surface area contributed by atoms with E-state index in [1.807, 2.05) is 7.05 Å². The summed E-state index contributed by atoms with van der Waals surface area (Å²) in [4.78, 5) is 2.21. The van der Waals surface area contributed by atoms with Crippen molar-refractivity contribution in [1.82, 2.24) is 5.32 Å².